The lowest BCUT2D eigenvalue weighted by molar-refractivity contribution is -0.140. The van der Waals surface area contributed by atoms with Gasteiger partial charge in [-0.05, 0) is 18.3 Å². The van der Waals surface area contributed by atoms with Gasteiger partial charge in [-0.25, -0.2) is 0 Å². The highest BCUT2D eigenvalue weighted by atomic mass is 35.5. The summed E-state index contributed by atoms with van der Waals surface area (Å²) in [6.07, 6.45) is 5.18. The van der Waals surface area contributed by atoms with Crippen molar-refractivity contribution in [1.82, 2.24) is 4.90 Å². The number of hydrogen-bond acceptors (Lipinski definition) is 2. The largest absolute Gasteiger partial charge is 0.281 e. The average Bonchev–Trinajstić information content (AvgIpc) is 2.87. The minimum Gasteiger partial charge on any atom is -0.281 e. The summed E-state index contributed by atoms with van der Waals surface area (Å²) in [7, 11) is 0. The van der Waals surface area contributed by atoms with E-state index in [9.17, 15) is 9.59 Å². The first-order valence-electron chi connectivity index (χ1n) is 5.33. The average molecular weight is 226 g/mol. The van der Waals surface area contributed by atoms with Crippen LogP contribution >= 0.6 is 11.6 Å². The molecule has 1 saturated heterocycles. The predicted octanol–water partition coefficient (Wildman–Crippen LogP) is 1.03. The third-order valence-electron chi connectivity index (χ3n) is 3.87. The van der Waals surface area contributed by atoms with Crippen LogP contribution in [-0.4, -0.2) is 29.1 Å². The zero-order valence-electron chi connectivity index (χ0n) is 8.23. The van der Waals surface area contributed by atoms with Crippen LogP contribution in [0.15, 0.2) is 12.2 Å². The maximum Gasteiger partial charge on any atom is 0.233 e. The first-order chi connectivity index (χ1) is 7.24. The van der Waals surface area contributed by atoms with Crippen LogP contribution in [0.2, 0.25) is 0 Å². The number of carbonyl (C=O) groups excluding carboxylic acids is 2. The molecular formula is C11H12ClNO2. The van der Waals surface area contributed by atoms with Crippen LogP contribution in [-0.2, 0) is 9.59 Å². The van der Waals surface area contributed by atoms with E-state index in [1.165, 1.54) is 4.90 Å². The summed E-state index contributed by atoms with van der Waals surface area (Å²) >= 11 is 5.60. The monoisotopic (exact) mass is 225 g/mol. The maximum absolute atomic E-state index is 12.0. The van der Waals surface area contributed by atoms with Crippen molar-refractivity contribution in [3.8, 4) is 0 Å². The van der Waals surface area contributed by atoms with Gasteiger partial charge in [0.05, 0.1) is 11.8 Å². The molecule has 0 aromatic carbocycles. The predicted molar refractivity (Wildman–Crippen MR) is 55.2 cm³/mol. The molecule has 4 atom stereocenters. The van der Waals surface area contributed by atoms with Crippen LogP contribution in [0.4, 0.5) is 0 Å². The lowest BCUT2D eigenvalue weighted by Gasteiger charge is -2.15. The SMILES string of the molecule is O=C1[C@@H]2[C@@H](C(=O)N1CCCl)[C@H]1C=C[C@@H]2C1. The summed E-state index contributed by atoms with van der Waals surface area (Å²) in [4.78, 5) is 25.3. The fraction of sp³-hybridized carbons (Fsp3) is 0.636. The molecule has 80 valence electrons. The van der Waals surface area contributed by atoms with E-state index in [2.05, 4.69) is 12.2 Å². The molecule has 0 radical (unpaired) electrons. The van der Waals surface area contributed by atoms with Crippen LogP contribution < -0.4 is 0 Å². The Morgan fingerprint density at radius 2 is 1.73 bits per heavy atom. The maximum atomic E-state index is 12.0. The molecule has 3 nitrogen and oxygen atoms in total. The van der Waals surface area contributed by atoms with Crippen LogP contribution in [0.1, 0.15) is 6.42 Å². The first-order valence-corrected chi connectivity index (χ1v) is 5.87. The second-order valence-electron chi connectivity index (χ2n) is 4.52. The Labute approximate surface area is 93.1 Å². The van der Waals surface area contributed by atoms with Gasteiger partial charge >= 0.3 is 0 Å². The lowest BCUT2D eigenvalue weighted by Crippen LogP contribution is -2.34. The van der Waals surface area contributed by atoms with Gasteiger partial charge in [0, 0.05) is 12.4 Å². The van der Waals surface area contributed by atoms with E-state index in [4.69, 9.17) is 11.6 Å². The van der Waals surface area contributed by atoms with E-state index in [0.717, 1.165) is 6.42 Å². The summed E-state index contributed by atoms with van der Waals surface area (Å²) in [5, 5.41) is 0. The Balaban J connectivity index is 1.93. The molecule has 0 spiro atoms. The van der Waals surface area contributed by atoms with Crippen molar-refractivity contribution in [3.05, 3.63) is 12.2 Å². The van der Waals surface area contributed by atoms with E-state index in [0.29, 0.717) is 24.3 Å². The number of rotatable bonds is 2. The molecule has 0 N–H and O–H groups in total. The molecule has 1 aliphatic heterocycles. The van der Waals surface area contributed by atoms with Gasteiger partial charge in [0.15, 0.2) is 0 Å². The Hall–Kier alpha value is -0.830. The van der Waals surface area contributed by atoms with Crippen molar-refractivity contribution in [1.29, 1.82) is 0 Å². The molecule has 2 aliphatic carbocycles. The molecule has 2 fully saturated rings. The molecule has 0 unspecified atom stereocenters. The number of nitrogens with zero attached hydrogens (tertiary/aromatic N) is 1. The molecule has 3 aliphatic rings. The molecule has 3 rings (SSSR count). The summed E-state index contributed by atoms with van der Waals surface area (Å²) < 4.78 is 0. The van der Waals surface area contributed by atoms with E-state index in [1.807, 2.05) is 0 Å². The molecule has 0 aromatic rings. The summed E-state index contributed by atoms with van der Waals surface area (Å²) in [5.41, 5.74) is 0. The van der Waals surface area contributed by atoms with E-state index >= 15 is 0 Å². The number of fused-ring (bicyclic) bond motifs is 5. The van der Waals surface area contributed by atoms with E-state index in [1.54, 1.807) is 0 Å². The normalized spacial score (nSPS) is 41.8. The number of hydrogen-bond donors (Lipinski definition) is 0. The molecule has 1 heterocycles. The molecule has 15 heavy (non-hydrogen) atoms. The number of halogens is 1. The molecule has 2 bridgehead atoms. The fourth-order valence-electron chi connectivity index (χ4n) is 3.27. The van der Waals surface area contributed by atoms with Crippen molar-refractivity contribution in [3.63, 3.8) is 0 Å². The minimum atomic E-state index is -0.0734. The van der Waals surface area contributed by atoms with Gasteiger partial charge in [-0.2, -0.15) is 0 Å². The van der Waals surface area contributed by atoms with Gasteiger partial charge in [0.2, 0.25) is 11.8 Å². The second-order valence-corrected chi connectivity index (χ2v) is 4.89. The number of carbonyl (C=O) groups is 2. The van der Waals surface area contributed by atoms with Gasteiger partial charge in [-0.3, -0.25) is 14.5 Å². The first kappa shape index (κ1) is 9.40. The second kappa shape index (κ2) is 3.08. The highest BCUT2D eigenvalue weighted by Gasteiger charge is 2.58. The van der Waals surface area contributed by atoms with Crippen LogP contribution in [0.25, 0.3) is 0 Å². The minimum absolute atomic E-state index is 0.00231. The Kier molecular flexibility index (Phi) is 1.93. The van der Waals surface area contributed by atoms with Gasteiger partial charge in [-0.15, -0.1) is 11.6 Å². The molecule has 2 amide bonds. The fourth-order valence-corrected chi connectivity index (χ4v) is 3.44. The van der Waals surface area contributed by atoms with Gasteiger partial charge < -0.3 is 0 Å². The van der Waals surface area contributed by atoms with Crippen molar-refractivity contribution in [2.45, 2.75) is 6.42 Å². The third kappa shape index (κ3) is 1.07. The number of allylic oxidation sites excluding steroid dienone is 2. The quantitative estimate of drug-likeness (QED) is 0.400. The Bertz CT molecular complexity index is 336. The summed E-state index contributed by atoms with van der Waals surface area (Å²) in [6.45, 7) is 0.367. The summed E-state index contributed by atoms with van der Waals surface area (Å²) in [5.74, 6) is 0.796. The number of imide groups is 1. The number of amides is 2. The Morgan fingerprint density at radius 1 is 1.20 bits per heavy atom. The van der Waals surface area contributed by atoms with Gasteiger partial charge in [0.25, 0.3) is 0 Å². The number of alkyl halides is 1. The highest BCUT2D eigenvalue weighted by Crippen LogP contribution is 2.52. The van der Waals surface area contributed by atoms with Gasteiger partial charge in [0.1, 0.15) is 0 Å². The van der Waals surface area contributed by atoms with Gasteiger partial charge in [-0.1, -0.05) is 12.2 Å². The number of likely N-dealkylation sites (tertiary alicyclic amines) is 1. The van der Waals surface area contributed by atoms with Crippen molar-refractivity contribution >= 4 is 23.4 Å². The van der Waals surface area contributed by atoms with E-state index < -0.39 is 0 Å². The molecule has 1 saturated carbocycles. The zero-order chi connectivity index (χ0) is 10.6. The summed E-state index contributed by atoms with van der Waals surface area (Å²) in [6, 6.07) is 0. The Morgan fingerprint density at radius 3 is 2.20 bits per heavy atom. The van der Waals surface area contributed by atoms with Crippen LogP contribution in [0.5, 0.6) is 0 Å². The molecule has 0 aromatic heterocycles. The lowest BCUT2D eigenvalue weighted by atomic mass is 9.85. The highest BCUT2D eigenvalue weighted by molar-refractivity contribution is 6.18. The van der Waals surface area contributed by atoms with Crippen molar-refractivity contribution < 1.29 is 9.59 Å². The van der Waals surface area contributed by atoms with Crippen molar-refractivity contribution in [2.24, 2.45) is 23.7 Å². The van der Waals surface area contributed by atoms with Crippen molar-refractivity contribution in [2.75, 3.05) is 12.4 Å². The zero-order valence-corrected chi connectivity index (χ0v) is 8.98. The molecular weight excluding hydrogens is 214 g/mol. The molecule has 4 heteroatoms. The van der Waals surface area contributed by atoms with E-state index in [-0.39, 0.29) is 23.7 Å². The standard InChI is InChI=1S/C11H12ClNO2/c12-3-4-13-10(14)8-6-1-2-7(5-6)9(8)11(13)15/h1-2,6-9H,3-5H2/t6-,7+,8-,9-/m0/s1. The van der Waals surface area contributed by atoms with Crippen LogP contribution in [0, 0.1) is 23.7 Å². The topological polar surface area (TPSA) is 37.4 Å². The smallest absolute Gasteiger partial charge is 0.233 e. The third-order valence-corrected chi connectivity index (χ3v) is 4.04. The van der Waals surface area contributed by atoms with Crippen LogP contribution in [0.3, 0.4) is 0 Å².